The van der Waals surface area contributed by atoms with Gasteiger partial charge in [-0.1, -0.05) is 62.3 Å². The van der Waals surface area contributed by atoms with Crippen molar-refractivity contribution in [2.75, 3.05) is 6.61 Å². The molecule has 2 heterocycles. The van der Waals surface area contributed by atoms with E-state index in [1.807, 2.05) is 0 Å². The van der Waals surface area contributed by atoms with Gasteiger partial charge in [0.25, 0.3) is 5.56 Å². The summed E-state index contributed by atoms with van der Waals surface area (Å²) >= 11 is 0. The van der Waals surface area contributed by atoms with E-state index in [1.54, 1.807) is 14.0 Å². The molecule has 1 fully saturated rings. The molecule has 1 N–H and O–H groups in total. The Morgan fingerprint density at radius 2 is 1.20 bits per heavy atom. The first-order valence-corrected chi connectivity index (χ1v) is 23.3. The fourth-order valence-electron chi connectivity index (χ4n) is 3.99. The molecule has 1 aromatic rings. The minimum Gasteiger partial charge on any atom is -0.414 e. The Kier molecular flexibility index (Phi) is 10.0. The molecule has 0 aliphatic carbocycles. The Morgan fingerprint density at radius 1 is 0.775 bits per heavy atom. The lowest BCUT2D eigenvalue weighted by atomic mass is 10.0. The number of rotatable bonds is 8. The van der Waals surface area contributed by atoms with Crippen LogP contribution < -0.4 is 11.2 Å². The van der Waals surface area contributed by atoms with Crippen LogP contribution in [0.1, 0.15) is 79.7 Å². The van der Waals surface area contributed by atoms with E-state index in [0.717, 1.165) is 0 Å². The van der Waals surface area contributed by atoms with E-state index >= 15 is 0 Å². The third-order valence-electron chi connectivity index (χ3n) is 10.1. The molecule has 1 aliphatic rings. The summed E-state index contributed by atoms with van der Waals surface area (Å²) in [5, 5.41) is -0.0788. The third kappa shape index (κ3) is 7.20. The molecule has 4 atom stereocenters. The molecule has 0 radical (unpaired) electrons. The number of ether oxygens (including phenoxy) is 1. The van der Waals surface area contributed by atoms with Crippen LogP contribution in [-0.2, 0) is 25.1 Å². The van der Waals surface area contributed by atoms with Gasteiger partial charge in [0, 0.05) is 12.7 Å². The van der Waals surface area contributed by atoms with Gasteiger partial charge in [0.1, 0.15) is 24.4 Å². The quantitative estimate of drug-likeness (QED) is 0.331. The van der Waals surface area contributed by atoms with Crippen LogP contribution in [0.5, 0.6) is 0 Å². The average molecular weight is 615 g/mol. The highest BCUT2D eigenvalue weighted by Gasteiger charge is 2.55. The first-order valence-electron chi connectivity index (χ1n) is 14.6. The second-order valence-corrected chi connectivity index (χ2v) is 30.5. The highest BCUT2D eigenvalue weighted by atomic mass is 28.4. The molecule has 0 spiro atoms. The molecule has 11 heteroatoms. The van der Waals surface area contributed by atoms with Crippen molar-refractivity contribution in [1.82, 2.24) is 9.55 Å². The number of nitrogens with one attached hydrogen (secondary N) is 1. The summed E-state index contributed by atoms with van der Waals surface area (Å²) in [5.41, 5.74) is 0.105. The molecule has 1 aliphatic heterocycles. The Bertz CT molecular complexity index is 1170. The van der Waals surface area contributed by atoms with Crippen LogP contribution in [0.4, 0.5) is 0 Å². The summed E-state index contributed by atoms with van der Waals surface area (Å²) in [6.45, 7) is 35.4. The summed E-state index contributed by atoms with van der Waals surface area (Å²) < 4.78 is 29.3. The fraction of sp³-hybridized carbons (Fsp3) is 0.862. The lowest BCUT2D eigenvalue weighted by molar-refractivity contribution is -0.0181. The smallest absolute Gasteiger partial charge is 0.328 e. The monoisotopic (exact) mass is 614 g/mol. The largest absolute Gasteiger partial charge is 0.414 e. The lowest BCUT2D eigenvalue weighted by Crippen LogP contribution is -2.54. The van der Waals surface area contributed by atoms with Crippen LogP contribution in [0.2, 0.25) is 54.4 Å². The number of hydrogen-bond acceptors (Lipinski definition) is 6. The standard InChI is InChI=1S/C29H58N2O6Si3/c1-19-21(25(32)30-26(33)31(19)11)23-24(37-40(16,17)29(8,9)10)22(36-39(14,15)28(5,6)7)20(35-23)18-34-38(12,13)27(2,3)4/h20,22-24H,18H2,1-17H3,(H,30,32,33)/t20-,22?,23+,24?/m1/s1. The molecule has 0 saturated carbocycles. The fourth-order valence-corrected chi connectivity index (χ4v) is 7.61. The van der Waals surface area contributed by atoms with Crippen molar-refractivity contribution >= 4 is 25.0 Å². The van der Waals surface area contributed by atoms with Gasteiger partial charge in [-0.05, 0) is 61.3 Å². The summed E-state index contributed by atoms with van der Waals surface area (Å²) in [5.74, 6) is 0. The summed E-state index contributed by atoms with van der Waals surface area (Å²) in [7, 11) is -5.08. The van der Waals surface area contributed by atoms with Crippen molar-refractivity contribution < 1.29 is 18.0 Å². The molecule has 1 saturated heterocycles. The van der Waals surface area contributed by atoms with Crippen molar-refractivity contribution in [1.29, 1.82) is 0 Å². The van der Waals surface area contributed by atoms with E-state index < -0.39 is 60.6 Å². The van der Waals surface area contributed by atoms with Gasteiger partial charge in [-0.3, -0.25) is 9.78 Å². The summed E-state index contributed by atoms with van der Waals surface area (Å²) in [4.78, 5) is 28.3. The zero-order chi connectivity index (χ0) is 31.4. The zero-order valence-electron chi connectivity index (χ0n) is 28.4. The van der Waals surface area contributed by atoms with Gasteiger partial charge in [-0.2, -0.15) is 0 Å². The maximum atomic E-state index is 13.4. The third-order valence-corrected chi connectivity index (χ3v) is 23.6. The van der Waals surface area contributed by atoms with Crippen LogP contribution in [0.25, 0.3) is 0 Å². The van der Waals surface area contributed by atoms with E-state index in [1.165, 1.54) is 4.57 Å². The van der Waals surface area contributed by atoms with Crippen molar-refractivity contribution in [3.05, 3.63) is 32.1 Å². The molecular formula is C29H58N2O6Si3. The second kappa shape index (κ2) is 11.3. The molecule has 232 valence electrons. The molecular weight excluding hydrogens is 557 g/mol. The number of H-pyrrole nitrogens is 1. The van der Waals surface area contributed by atoms with E-state index in [4.69, 9.17) is 18.0 Å². The topological polar surface area (TPSA) is 91.8 Å². The first kappa shape index (κ1) is 35.4. The number of nitrogens with zero attached hydrogens (tertiary/aromatic N) is 1. The number of hydrogen-bond donors (Lipinski definition) is 1. The van der Waals surface area contributed by atoms with Gasteiger partial charge in [0.2, 0.25) is 0 Å². The predicted molar refractivity (Wildman–Crippen MR) is 172 cm³/mol. The van der Waals surface area contributed by atoms with Crippen molar-refractivity contribution in [2.45, 2.75) is 148 Å². The van der Waals surface area contributed by atoms with E-state index in [0.29, 0.717) is 17.9 Å². The molecule has 0 amide bonds. The van der Waals surface area contributed by atoms with Crippen LogP contribution in [0.15, 0.2) is 9.59 Å². The van der Waals surface area contributed by atoms with E-state index in [2.05, 4.69) is 107 Å². The van der Waals surface area contributed by atoms with Gasteiger partial charge in [0.15, 0.2) is 25.0 Å². The van der Waals surface area contributed by atoms with E-state index in [9.17, 15) is 9.59 Å². The van der Waals surface area contributed by atoms with Crippen LogP contribution in [-0.4, -0.2) is 59.4 Å². The predicted octanol–water partition coefficient (Wildman–Crippen LogP) is 6.62. The Balaban J connectivity index is 2.76. The lowest BCUT2D eigenvalue weighted by Gasteiger charge is -2.44. The SMILES string of the molecule is Cc1c([C@@H]2O[C@H](CO[Si](C)(C)C(C)(C)C)C(O[Si](C)(C)C(C)(C)C)C2O[Si](C)(C)C(C)(C)C)c(=O)[nH]c(=O)n1C. The van der Waals surface area contributed by atoms with Crippen molar-refractivity contribution in [3.63, 3.8) is 0 Å². The molecule has 0 bridgehead atoms. The van der Waals surface area contributed by atoms with Gasteiger partial charge in [-0.25, -0.2) is 4.79 Å². The molecule has 40 heavy (non-hydrogen) atoms. The number of aromatic amines is 1. The molecule has 2 unspecified atom stereocenters. The van der Waals surface area contributed by atoms with Crippen molar-refractivity contribution in [3.8, 4) is 0 Å². The number of aromatic nitrogens is 2. The average Bonchev–Trinajstić information content (AvgIpc) is 3.04. The van der Waals surface area contributed by atoms with Crippen LogP contribution >= 0.6 is 0 Å². The highest BCUT2D eigenvalue weighted by Crippen LogP contribution is 2.47. The molecule has 2 rings (SSSR count). The van der Waals surface area contributed by atoms with E-state index in [-0.39, 0.29) is 15.1 Å². The Labute approximate surface area is 245 Å². The molecule has 8 nitrogen and oxygen atoms in total. The second-order valence-electron chi connectivity index (χ2n) is 16.2. The first-order chi connectivity index (χ1) is 17.6. The Morgan fingerprint density at radius 3 is 1.62 bits per heavy atom. The van der Waals surface area contributed by atoms with Gasteiger partial charge in [0.05, 0.1) is 12.2 Å². The summed E-state index contributed by atoms with van der Waals surface area (Å²) in [6.07, 6.45) is -2.09. The van der Waals surface area contributed by atoms with Crippen LogP contribution in [0.3, 0.4) is 0 Å². The normalized spacial score (nSPS) is 23.6. The van der Waals surface area contributed by atoms with Gasteiger partial charge < -0.3 is 22.6 Å². The Hall–Kier alpha value is -0.829. The van der Waals surface area contributed by atoms with Gasteiger partial charge in [-0.15, -0.1) is 0 Å². The maximum absolute atomic E-state index is 13.4. The minimum absolute atomic E-state index is 0.0310. The summed E-state index contributed by atoms with van der Waals surface area (Å²) in [6, 6.07) is 0. The molecule has 0 aromatic carbocycles. The van der Waals surface area contributed by atoms with Crippen molar-refractivity contribution in [2.24, 2.45) is 7.05 Å². The van der Waals surface area contributed by atoms with Gasteiger partial charge >= 0.3 is 5.69 Å². The zero-order valence-corrected chi connectivity index (χ0v) is 31.4. The maximum Gasteiger partial charge on any atom is 0.328 e. The van der Waals surface area contributed by atoms with Crippen LogP contribution in [0, 0.1) is 6.92 Å². The molecule has 1 aromatic heterocycles. The minimum atomic E-state index is -2.34. The highest BCUT2D eigenvalue weighted by molar-refractivity contribution is 6.75.